The maximum absolute atomic E-state index is 14.1. The molecule has 9 saturated carbocycles. The summed E-state index contributed by atoms with van der Waals surface area (Å²) in [7, 11) is 0. The number of hydrogen-bond donors (Lipinski definition) is 2. The molecule has 2 N–H and O–H groups in total. The van der Waals surface area contributed by atoms with Crippen LogP contribution in [0.4, 0.5) is 0 Å². The van der Waals surface area contributed by atoms with Gasteiger partial charge in [0.1, 0.15) is 0 Å². The molecular weight excluding hydrogens is 468 g/mol. The Morgan fingerprint density at radius 1 is 0.474 bits per heavy atom. The third-order valence-corrected chi connectivity index (χ3v) is 13.0. The summed E-state index contributed by atoms with van der Waals surface area (Å²) in [6.07, 6.45) is 18.3. The normalized spacial score (nSPS) is 58.2. The van der Waals surface area contributed by atoms with Crippen LogP contribution in [-0.2, 0) is 9.59 Å². The van der Waals surface area contributed by atoms with E-state index in [0.717, 1.165) is 64.2 Å². The van der Waals surface area contributed by atoms with Crippen molar-refractivity contribution in [3.05, 3.63) is 0 Å². The second kappa shape index (κ2) is 7.41. The van der Waals surface area contributed by atoms with Crippen LogP contribution in [0.3, 0.4) is 0 Å². The zero-order chi connectivity index (χ0) is 27.0. The molecule has 8 bridgehead atoms. The highest BCUT2D eigenvalue weighted by Crippen LogP contribution is 2.75. The van der Waals surface area contributed by atoms with Gasteiger partial charge in [-0.15, -0.1) is 0 Å². The molecule has 9 fully saturated rings. The van der Waals surface area contributed by atoms with E-state index >= 15 is 0 Å². The molecule has 4 nitrogen and oxygen atoms in total. The summed E-state index contributed by atoms with van der Waals surface area (Å²) in [6, 6.07) is 0.402. The predicted octanol–water partition coefficient (Wildman–Crippen LogP) is 7.30. The minimum Gasteiger partial charge on any atom is -0.353 e. The third kappa shape index (κ3) is 3.95. The topological polar surface area (TPSA) is 58.2 Å². The van der Waals surface area contributed by atoms with Gasteiger partial charge in [-0.1, -0.05) is 41.5 Å². The highest BCUT2D eigenvalue weighted by atomic mass is 16.2. The van der Waals surface area contributed by atoms with Crippen molar-refractivity contribution in [2.45, 2.75) is 156 Å². The minimum absolute atomic E-state index is 0.178. The molecule has 0 radical (unpaired) electrons. The lowest BCUT2D eigenvalue weighted by Crippen LogP contribution is -2.64. The van der Waals surface area contributed by atoms with Crippen molar-refractivity contribution in [1.29, 1.82) is 0 Å². The van der Waals surface area contributed by atoms with Crippen molar-refractivity contribution in [2.24, 2.45) is 43.3 Å². The van der Waals surface area contributed by atoms with Gasteiger partial charge >= 0.3 is 0 Å². The van der Waals surface area contributed by atoms with Crippen LogP contribution < -0.4 is 10.6 Å². The van der Waals surface area contributed by atoms with E-state index in [0.29, 0.717) is 44.3 Å². The number of nitrogens with one attached hydrogen (secondary N) is 2. The number of amides is 2. The molecule has 38 heavy (non-hydrogen) atoms. The van der Waals surface area contributed by atoms with Gasteiger partial charge in [0.25, 0.3) is 0 Å². The molecule has 9 aliphatic rings. The Kier molecular flexibility index (Phi) is 5.05. The van der Waals surface area contributed by atoms with Crippen LogP contribution in [0.15, 0.2) is 0 Å². The Morgan fingerprint density at radius 2 is 0.737 bits per heavy atom. The molecule has 0 saturated heterocycles. The summed E-state index contributed by atoms with van der Waals surface area (Å²) in [5, 5.41) is 7.19. The standard InChI is InChI=1S/C34H54N2O2/c1-27-11-28(2)13-29(3,12-27)19-33(17-27,18-28)25(37)35-23-8-7-9-24(10-23)36-26(38)34-20-30(4)14-31(5,21-34)16-32(6,15-30)22-34/h23-24H,7-22H2,1-6H3,(H,35,37)(H,36,38). The van der Waals surface area contributed by atoms with Gasteiger partial charge in [-0.25, -0.2) is 0 Å². The number of carbonyl (C=O) groups excluding carboxylic acids is 2. The molecule has 0 aliphatic heterocycles. The molecule has 0 heterocycles. The summed E-state index contributed by atoms with van der Waals surface area (Å²) < 4.78 is 0. The van der Waals surface area contributed by atoms with Crippen molar-refractivity contribution in [1.82, 2.24) is 10.6 Å². The fourth-order valence-electron chi connectivity index (χ4n) is 15.2. The smallest absolute Gasteiger partial charge is 0.226 e. The van der Waals surface area contributed by atoms with E-state index in [4.69, 9.17) is 0 Å². The number of hydrogen-bond acceptors (Lipinski definition) is 2. The zero-order valence-electron chi connectivity index (χ0n) is 25.3. The van der Waals surface area contributed by atoms with E-state index in [9.17, 15) is 9.59 Å². The average molecular weight is 523 g/mol. The first-order valence-electron chi connectivity index (χ1n) is 16.1. The maximum atomic E-state index is 14.1. The van der Waals surface area contributed by atoms with Crippen molar-refractivity contribution in [3.8, 4) is 0 Å². The van der Waals surface area contributed by atoms with Crippen molar-refractivity contribution < 1.29 is 9.59 Å². The molecule has 212 valence electrons. The van der Waals surface area contributed by atoms with Crippen LogP contribution in [0.1, 0.15) is 144 Å². The molecule has 2 atom stereocenters. The summed E-state index contributed by atoms with van der Waals surface area (Å²) in [4.78, 5) is 28.1. The maximum Gasteiger partial charge on any atom is 0.226 e. The van der Waals surface area contributed by atoms with Gasteiger partial charge in [0, 0.05) is 12.1 Å². The molecule has 0 aromatic heterocycles. The van der Waals surface area contributed by atoms with Crippen molar-refractivity contribution in [3.63, 3.8) is 0 Å². The average Bonchev–Trinajstić information content (AvgIpc) is 2.67. The van der Waals surface area contributed by atoms with Gasteiger partial charge in [0.15, 0.2) is 0 Å². The summed E-state index contributed by atoms with van der Waals surface area (Å²) >= 11 is 0. The monoisotopic (exact) mass is 522 g/mol. The molecule has 2 amide bonds. The van der Waals surface area contributed by atoms with Gasteiger partial charge in [-0.2, -0.15) is 0 Å². The zero-order valence-corrected chi connectivity index (χ0v) is 25.3. The van der Waals surface area contributed by atoms with E-state index in [1.54, 1.807) is 0 Å². The quantitative estimate of drug-likeness (QED) is 0.407. The van der Waals surface area contributed by atoms with E-state index in [1.165, 1.54) is 38.5 Å². The molecular formula is C34H54N2O2. The van der Waals surface area contributed by atoms with Crippen molar-refractivity contribution in [2.75, 3.05) is 0 Å². The Bertz CT molecular complexity index is 887. The van der Waals surface area contributed by atoms with Crippen LogP contribution in [0.25, 0.3) is 0 Å². The predicted molar refractivity (Wildman–Crippen MR) is 151 cm³/mol. The van der Waals surface area contributed by atoms with E-state index in [2.05, 4.69) is 52.2 Å². The van der Waals surface area contributed by atoms with Crippen LogP contribution in [0, 0.1) is 43.3 Å². The SMILES string of the molecule is CC12CC3(C)CC(C)(C1)CC(C(=O)NC1CCCC(NC(=O)C45CC6(C)CC(C)(CC(C)(C6)C4)C5)C1)(C2)C3. The van der Waals surface area contributed by atoms with Gasteiger partial charge < -0.3 is 10.6 Å². The van der Waals surface area contributed by atoms with Crippen LogP contribution >= 0.6 is 0 Å². The Labute approximate surface area is 231 Å². The fourth-order valence-corrected chi connectivity index (χ4v) is 15.2. The lowest BCUT2D eigenvalue weighted by atomic mass is 9.36. The highest BCUT2D eigenvalue weighted by molar-refractivity contribution is 5.85. The molecule has 9 aliphatic carbocycles. The molecule has 0 aromatic rings. The third-order valence-electron chi connectivity index (χ3n) is 13.0. The number of carbonyl (C=O) groups is 2. The molecule has 4 heteroatoms. The first-order chi connectivity index (χ1) is 17.5. The molecule has 0 spiro atoms. The summed E-state index contributed by atoms with van der Waals surface area (Å²) in [5.74, 6) is 0.680. The summed E-state index contributed by atoms with van der Waals surface area (Å²) in [6.45, 7) is 14.8. The van der Waals surface area contributed by atoms with Gasteiger partial charge in [0.2, 0.25) is 11.8 Å². The molecule has 0 aromatic carbocycles. The van der Waals surface area contributed by atoms with Crippen molar-refractivity contribution >= 4 is 11.8 Å². The van der Waals surface area contributed by atoms with E-state index in [-0.39, 0.29) is 22.9 Å². The van der Waals surface area contributed by atoms with Gasteiger partial charge in [-0.05, 0) is 135 Å². The largest absolute Gasteiger partial charge is 0.353 e. The van der Waals surface area contributed by atoms with E-state index < -0.39 is 0 Å². The van der Waals surface area contributed by atoms with Gasteiger partial charge in [0.05, 0.1) is 10.8 Å². The highest BCUT2D eigenvalue weighted by Gasteiger charge is 2.67. The first-order valence-corrected chi connectivity index (χ1v) is 16.1. The minimum atomic E-state index is -0.178. The summed E-state index contributed by atoms with van der Waals surface area (Å²) in [5.41, 5.74) is 1.56. The lowest BCUT2D eigenvalue weighted by molar-refractivity contribution is -0.193. The van der Waals surface area contributed by atoms with Gasteiger partial charge in [-0.3, -0.25) is 9.59 Å². The Balaban J connectivity index is 1.03. The fraction of sp³-hybridized carbons (Fsp3) is 0.941. The Hall–Kier alpha value is -1.06. The van der Waals surface area contributed by atoms with Crippen LogP contribution in [-0.4, -0.2) is 23.9 Å². The molecule has 2 unspecified atom stereocenters. The Morgan fingerprint density at radius 3 is 1.00 bits per heavy atom. The van der Waals surface area contributed by atoms with Crippen LogP contribution in [0.5, 0.6) is 0 Å². The first kappa shape index (κ1) is 25.9. The second-order valence-electron chi connectivity index (χ2n) is 19.1. The van der Waals surface area contributed by atoms with Crippen LogP contribution in [0.2, 0.25) is 0 Å². The van der Waals surface area contributed by atoms with E-state index in [1.807, 2.05) is 0 Å². The second-order valence-corrected chi connectivity index (χ2v) is 19.1. The molecule has 9 rings (SSSR count). The lowest BCUT2D eigenvalue weighted by Gasteiger charge is -2.68. The number of rotatable bonds is 4.